The van der Waals surface area contributed by atoms with Crippen molar-refractivity contribution in [1.29, 1.82) is 0 Å². The number of hydrogen-bond acceptors (Lipinski definition) is 3. The van der Waals surface area contributed by atoms with Crippen LogP contribution >= 0.6 is 22.9 Å². The molecule has 1 heterocycles. The molecule has 124 valence electrons. The predicted molar refractivity (Wildman–Crippen MR) is 99.9 cm³/mol. The quantitative estimate of drug-likeness (QED) is 0.637. The number of urea groups is 1. The summed E-state index contributed by atoms with van der Waals surface area (Å²) >= 11 is 7.41. The molecule has 0 radical (unpaired) electrons. The minimum atomic E-state index is -1.14. The minimum Gasteiger partial charge on any atom is -0.383 e. The van der Waals surface area contributed by atoms with E-state index in [1.54, 1.807) is 31.2 Å². The van der Waals surface area contributed by atoms with E-state index < -0.39 is 11.6 Å². The third kappa shape index (κ3) is 3.87. The molecule has 0 saturated heterocycles. The Morgan fingerprint density at radius 1 is 1.21 bits per heavy atom. The molecular weight excluding hydrogens is 344 g/mol. The number of nitrogens with one attached hydrogen (secondary N) is 2. The first kappa shape index (κ1) is 16.8. The highest BCUT2D eigenvalue weighted by Gasteiger charge is 2.26. The van der Waals surface area contributed by atoms with E-state index in [4.69, 9.17) is 11.6 Å². The number of benzene rings is 2. The van der Waals surface area contributed by atoms with Crippen LogP contribution in [0, 0.1) is 0 Å². The third-order valence-electron chi connectivity index (χ3n) is 3.63. The van der Waals surface area contributed by atoms with Gasteiger partial charge in [0.1, 0.15) is 5.60 Å². The normalized spacial score (nSPS) is 13.5. The lowest BCUT2D eigenvalue weighted by molar-refractivity contribution is 0.0638. The number of halogens is 1. The molecular formula is C18H17ClN2O2S. The van der Waals surface area contributed by atoms with E-state index in [1.807, 2.05) is 30.3 Å². The van der Waals surface area contributed by atoms with Crippen LogP contribution in [0.15, 0.2) is 54.6 Å². The number of aliphatic hydroxyl groups is 1. The number of carbonyl (C=O) groups excluding carboxylic acids is 1. The Hall–Kier alpha value is -2.08. The zero-order chi connectivity index (χ0) is 17.2. The van der Waals surface area contributed by atoms with Crippen LogP contribution in [-0.2, 0) is 5.60 Å². The van der Waals surface area contributed by atoms with E-state index in [0.717, 1.165) is 15.0 Å². The van der Waals surface area contributed by atoms with Gasteiger partial charge in [0.25, 0.3) is 0 Å². The second kappa shape index (κ2) is 6.81. The molecule has 6 heteroatoms. The summed E-state index contributed by atoms with van der Waals surface area (Å²) in [5.74, 6) is 0. The highest BCUT2D eigenvalue weighted by molar-refractivity contribution is 7.19. The minimum absolute atomic E-state index is 0.103. The van der Waals surface area contributed by atoms with Gasteiger partial charge in [0, 0.05) is 20.3 Å². The predicted octanol–water partition coefficient (Wildman–Crippen LogP) is 4.58. The van der Waals surface area contributed by atoms with Gasteiger partial charge in [-0.25, -0.2) is 4.79 Å². The smallest absolute Gasteiger partial charge is 0.319 e. The summed E-state index contributed by atoms with van der Waals surface area (Å²) in [6.07, 6.45) is 0. The average molecular weight is 361 g/mol. The molecule has 0 spiro atoms. The van der Waals surface area contributed by atoms with Crippen molar-refractivity contribution < 1.29 is 9.90 Å². The first-order chi connectivity index (χ1) is 11.4. The average Bonchev–Trinajstić information content (AvgIpc) is 2.98. The van der Waals surface area contributed by atoms with Crippen LogP contribution in [0.5, 0.6) is 0 Å². The summed E-state index contributed by atoms with van der Waals surface area (Å²) in [6, 6.07) is 16.4. The summed E-state index contributed by atoms with van der Waals surface area (Å²) in [7, 11) is 0. The van der Waals surface area contributed by atoms with Crippen molar-refractivity contribution in [2.24, 2.45) is 0 Å². The van der Waals surface area contributed by atoms with E-state index in [9.17, 15) is 9.90 Å². The second-order valence-corrected chi connectivity index (χ2v) is 7.26. The van der Waals surface area contributed by atoms with Gasteiger partial charge in [0.15, 0.2) is 0 Å². The molecule has 0 bridgehead atoms. The van der Waals surface area contributed by atoms with Crippen molar-refractivity contribution in [1.82, 2.24) is 5.32 Å². The van der Waals surface area contributed by atoms with E-state index in [0.29, 0.717) is 10.7 Å². The van der Waals surface area contributed by atoms with Gasteiger partial charge in [-0.2, -0.15) is 0 Å². The summed E-state index contributed by atoms with van der Waals surface area (Å²) in [6.45, 7) is 1.80. The Morgan fingerprint density at radius 2 is 2.00 bits per heavy atom. The van der Waals surface area contributed by atoms with E-state index in [2.05, 4.69) is 10.6 Å². The largest absolute Gasteiger partial charge is 0.383 e. The van der Waals surface area contributed by atoms with Crippen molar-refractivity contribution in [3.05, 3.63) is 64.5 Å². The maximum atomic E-state index is 12.0. The SMILES string of the molecule is CC(O)(CNC(=O)Nc1cccc(Cl)c1)c1cc2ccccc2s1. The molecule has 0 saturated carbocycles. The lowest BCUT2D eigenvalue weighted by Crippen LogP contribution is -2.40. The number of anilines is 1. The van der Waals surface area contributed by atoms with Gasteiger partial charge in [-0.1, -0.05) is 35.9 Å². The van der Waals surface area contributed by atoms with Gasteiger partial charge in [0.2, 0.25) is 0 Å². The van der Waals surface area contributed by atoms with Crippen molar-refractivity contribution in [2.75, 3.05) is 11.9 Å². The highest BCUT2D eigenvalue weighted by atomic mass is 35.5. The van der Waals surface area contributed by atoms with Gasteiger partial charge in [-0.15, -0.1) is 11.3 Å². The topological polar surface area (TPSA) is 61.4 Å². The second-order valence-electron chi connectivity index (χ2n) is 5.74. The van der Waals surface area contributed by atoms with Crippen molar-refractivity contribution >= 4 is 44.7 Å². The number of fused-ring (bicyclic) bond motifs is 1. The molecule has 4 nitrogen and oxygen atoms in total. The standard InChI is InChI=1S/C18H17ClN2O2S/c1-18(23,16-9-12-5-2-3-8-15(12)24-16)11-20-17(22)21-14-7-4-6-13(19)10-14/h2-10,23H,11H2,1H3,(H2,20,21,22). The molecule has 0 aliphatic rings. The molecule has 1 unspecified atom stereocenters. The molecule has 0 aliphatic heterocycles. The Bertz CT molecular complexity index is 843. The molecule has 0 fully saturated rings. The van der Waals surface area contributed by atoms with E-state index in [1.165, 1.54) is 11.3 Å². The van der Waals surface area contributed by atoms with Crippen LogP contribution < -0.4 is 10.6 Å². The van der Waals surface area contributed by atoms with Crippen molar-refractivity contribution in [2.45, 2.75) is 12.5 Å². The number of thiophene rings is 1. The van der Waals surface area contributed by atoms with E-state index >= 15 is 0 Å². The highest BCUT2D eigenvalue weighted by Crippen LogP contribution is 2.32. The lowest BCUT2D eigenvalue weighted by atomic mass is 10.0. The lowest BCUT2D eigenvalue weighted by Gasteiger charge is -2.22. The fourth-order valence-corrected chi connectivity index (χ4v) is 3.62. The molecule has 3 aromatic rings. The molecule has 3 N–H and O–H groups in total. The number of amides is 2. The Kier molecular flexibility index (Phi) is 4.76. The summed E-state index contributed by atoms with van der Waals surface area (Å²) in [5.41, 5.74) is -0.545. The summed E-state index contributed by atoms with van der Waals surface area (Å²) in [5, 5.41) is 17.7. The van der Waals surface area contributed by atoms with Crippen molar-refractivity contribution in [3.8, 4) is 0 Å². The molecule has 2 amide bonds. The first-order valence-electron chi connectivity index (χ1n) is 7.46. The van der Waals surface area contributed by atoms with Gasteiger partial charge in [-0.05, 0) is 42.6 Å². The molecule has 1 atom stereocenters. The van der Waals surface area contributed by atoms with Crippen LogP contribution in [-0.4, -0.2) is 17.7 Å². The molecule has 3 rings (SSSR count). The zero-order valence-corrected chi connectivity index (χ0v) is 14.6. The van der Waals surface area contributed by atoms with Gasteiger partial charge in [-0.3, -0.25) is 0 Å². The fraction of sp³-hybridized carbons (Fsp3) is 0.167. The number of carbonyl (C=O) groups is 1. The Morgan fingerprint density at radius 3 is 2.75 bits per heavy atom. The van der Waals surface area contributed by atoms with Crippen LogP contribution in [0.2, 0.25) is 5.02 Å². The van der Waals surface area contributed by atoms with Crippen LogP contribution in [0.3, 0.4) is 0 Å². The summed E-state index contributed by atoms with van der Waals surface area (Å²) < 4.78 is 1.11. The van der Waals surface area contributed by atoms with E-state index in [-0.39, 0.29) is 6.54 Å². The maximum absolute atomic E-state index is 12.0. The Labute approximate surface area is 149 Å². The van der Waals surface area contributed by atoms with Crippen molar-refractivity contribution in [3.63, 3.8) is 0 Å². The molecule has 2 aromatic carbocycles. The number of rotatable bonds is 4. The van der Waals surface area contributed by atoms with Gasteiger partial charge in [0.05, 0.1) is 6.54 Å². The molecule has 1 aromatic heterocycles. The Balaban J connectivity index is 1.64. The summed E-state index contributed by atoms with van der Waals surface area (Å²) in [4.78, 5) is 12.8. The first-order valence-corrected chi connectivity index (χ1v) is 8.65. The third-order valence-corrected chi connectivity index (χ3v) is 5.24. The van der Waals surface area contributed by atoms with Crippen LogP contribution in [0.4, 0.5) is 10.5 Å². The van der Waals surface area contributed by atoms with Gasteiger partial charge >= 0.3 is 6.03 Å². The molecule has 24 heavy (non-hydrogen) atoms. The fourth-order valence-electron chi connectivity index (χ4n) is 2.33. The van der Waals surface area contributed by atoms with Crippen LogP contribution in [0.25, 0.3) is 10.1 Å². The zero-order valence-electron chi connectivity index (χ0n) is 13.0. The molecule has 0 aliphatic carbocycles. The van der Waals surface area contributed by atoms with Gasteiger partial charge < -0.3 is 15.7 Å². The monoisotopic (exact) mass is 360 g/mol. The maximum Gasteiger partial charge on any atom is 0.319 e. The van der Waals surface area contributed by atoms with Crippen LogP contribution in [0.1, 0.15) is 11.8 Å². The number of hydrogen-bond donors (Lipinski definition) is 3.